The number of rotatable bonds is 16. The second-order valence-corrected chi connectivity index (χ2v) is 25.0. The average Bonchev–Trinajstić information content (AvgIpc) is 3.16. The van der Waals surface area contributed by atoms with Crippen LogP contribution < -0.4 is 0 Å². The summed E-state index contributed by atoms with van der Waals surface area (Å²) in [6, 6.07) is 11.8. The maximum Gasteiger partial charge on any atom is 0.306 e. The van der Waals surface area contributed by atoms with Crippen LogP contribution >= 0.6 is 0 Å². The van der Waals surface area contributed by atoms with Crippen molar-refractivity contribution >= 4 is 17.9 Å². The third-order valence-corrected chi connectivity index (χ3v) is 12.6. The Morgan fingerprint density at radius 3 is 0.712 bits per heavy atom. The molecule has 0 bridgehead atoms. The van der Waals surface area contributed by atoms with E-state index in [0.717, 1.165) is 50.1 Å². The summed E-state index contributed by atoms with van der Waals surface area (Å²) in [5, 5.41) is 33.7. The number of benzene rings is 3. The molecule has 0 fully saturated rings. The van der Waals surface area contributed by atoms with Crippen LogP contribution in [0.5, 0.6) is 17.2 Å². The van der Waals surface area contributed by atoms with Gasteiger partial charge in [0.1, 0.15) is 37.1 Å². The number of hydrogen-bond donors (Lipinski definition) is 3. The Bertz CT molecular complexity index is 1840. The molecule has 3 N–H and O–H groups in total. The Morgan fingerprint density at radius 2 is 0.561 bits per heavy atom. The molecule has 9 nitrogen and oxygen atoms in total. The summed E-state index contributed by atoms with van der Waals surface area (Å²) in [5.74, 6) is -0.502. The van der Waals surface area contributed by atoms with E-state index in [1.165, 1.54) is 0 Å². The molecule has 0 spiro atoms. The first kappa shape index (κ1) is 55.8. The van der Waals surface area contributed by atoms with Crippen LogP contribution in [0.2, 0.25) is 0 Å². The summed E-state index contributed by atoms with van der Waals surface area (Å²) < 4.78 is 17.8. The van der Waals surface area contributed by atoms with Gasteiger partial charge in [-0.25, -0.2) is 0 Å². The molecule has 3 rings (SSSR count). The van der Waals surface area contributed by atoms with Crippen molar-refractivity contribution in [3.8, 4) is 17.2 Å². The molecule has 0 saturated carbocycles. The largest absolute Gasteiger partial charge is 0.507 e. The van der Waals surface area contributed by atoms with Crippen molar-refractivity contribution < 1.29 is 43.9 Å². The summed E-state index contributed by atoms with van der Waals surface area (Å²) in [4.78, 5) is 40.6. The van der Waals surface area contributed by atoms with Crippen molar-refractivity contribution in [2.75, 3.05) is 19.8 Å². The number of hydrogen-bond acceptors (Lipinski definition) is 9. The fraction of sp³-hybridized carbons (Fsp3) is 0.632. The second-order valence-electron chi connectivity index (χ2n) is 25.0. The average molecular weight is 915 g/mol. The number of carbonyl (C=O) groups is 3. The zero-order valence-electron chi connectivity index (χ0n) is 44.3. The minimum Gasteiger partial charge on any atom is -0.507 e. The van der Waals surface area contributed by atoms with Crippen molar-refractivity contribution in [1.82, 2.24) is 0 Å². The molecule has 0 unspecified atom stereocenters. The normalized spacial score (nSPS) is 13.1. The van der Waals surface area contributed by atoms with Crippen LogP contribution in [-0.4, -0.2) is 53.0 Å². The van der Waals surface area contributed by atoms with E-state index in [1.54, 1.807) is 0 Å². The SMILES string of the molecule is CCC(COC(=O)CCc1cc(C(C)(C)C)c(O)c(C(C)(C)C)c1)(COC(=O)CCc1cc(C(C)(C)C)c(O)c(C(C)(C)C)c1)COC(=O)CCc1cc(C(C)(C)C)c(O)c(C(C)(C)C)c1. The van der Waals surface area contributed by atoms with Gasteiger partial charge in [-0.2, -0.15) is 0 Å². The van der Waals surface area contributed by atoms with Crippen LogP contribution in [0.3, 0.4) is 0 Å². The van der Waals surface area contributed by atoms with E-state index in [0.29, 0.717) is 25.7 Å². The summed E-state index contributed by atoms with van der Waals surface area (Å²) in [6.45, 7) is 38.4. The van der Waals surface area contributed by atoms with E-state index in [2.05, 4.69) is 125 Å². The highest BCUT2D eigenvalue weighted by Gasteiger charge is 2.35. The van der Waals surface area contributed by atoms with Crippen molar-refractivity contribution in [2.45, 2.75) is 209 Å². The van der Waals surface area contributed by atoms with Gasteiger partial charge in [0, 0.05) is 19.3 Å². The van der Waals surface area contributed by atoms with Crippen LogP contribution in [0.4, 0.5) is 0 Å². The molecular formula is C57H86O9. The van der Waals surface area contributed by atoms with Gasteiger partial charge in [-0.1, -0.05) is 168 Å². The molecule has 0 aliphatic carbocycles. The predicted octanol–water partition coefficient (Wildman–Crippen LogP) is 12.8. The maximum absolute atomic E-state index is 13.5. The summed E-state index contributed by atoms with van der Waals surface area (Å²) in [7, 11) is 0. The smallest absolute Gasteiger partial charge is 0.306 e. The second kappa shape index (κ2) is 20.8. The topological polar surface area (TPSA) is 140 Å². The summed E-state index contributed by atoms with van der Waals surface area (Å²) in [6.07, 6.45) is 1.80. The molecule has 0 atom stereocenters. The predicted molar refractivity (Wildman–Crippen MR) is 267 cm³/mol. The van der Waals surface area contributed by atoms with Crippen molar-refractivity contribution in [3.05, 3.63) is 86.5 Å². The number of aromatic hydroxyl groups is 3. The minimum atomic E-state index is -1.02. The van der Waals surface area contributed by atoms with Crippen LogP contribution in [0.25, 0.3) is 0 Å². The highest BCUT2D eigenvalue weighted by atomic mass is 16.6. The van der Waals surface area contributed by atoms with E-state index < -0.39 is 23.3 Å². The Kier molecular flexibility index (Phi) is 17.6. The third kappa shape index (κ3) is 15.2. The molecule has 0 saturated heterocycles. The van der Waals surface area contributed by atoms with Gasteiger partial charge in [-0.3, -0.25) is 14.4 Å². The zero-order chi connectivity index (χ0) is 50.6. The molecule has 0 aliphatic heterocycles. The van der Waals surface area contributed by atoms with Crippen LogP contribution in [0, 0.1) is 5.41 Å². The summed E-state index contributed by atoms with van der Waals surface area (Å²) in [5.41, 5.74) is 4.71. The molecule has 3 aromatic carbocycles. The molecule has 0 amide bonds. The van der Waals surface area contributed by atoms with E-state index in [1.807, 2.05) is 43.3 Å². The molecule has 0 aliphatic rings. The monoisotopic (exact) mass is 915 g/mol. The summed E-state index contributed by atoms with van der Waals surface area (Å²) >= 11 is 0. The van der Waals surface area contributed by atoms with Gasteiger partial charge in [0.25, 0.3) is 0 Å². The van der Waals surface area contributed by atoms with E-state index in [-0.39, 0.29) is 88.8 Å². The van der Waals surface area contributed by atoms with Crippen molar-refractivity contribution in [1.29, 1.82) is 0 Å². The highest BCUT2D eigenvalue weighted by Crippen LogP contribution is 2.43. The van der Waals surface area contributed by atoms with Gasteiger partial charge >= 0.3 is 17.9 Å². The van der Waals surface area contributed by atoms with Gasteiger partial charge in [-0.15, -0.1) is 0 Å². The number of phenolic OH excluding ortho intramolecular Hbond substituents is 3. The molecule has 66 heavy (non-hydrogen) atoms. The van der Waals surface area contributed by atoms with Gasteiger partial charge in [0.15, 0.2) is 0 Å². The Morgan fingerprint density at radius 1 is 0.379 bits per heavy atom. The fourth-order valence-electron chi connectivity index (χ4n) is 8.03. The molecule has 0 heterocycles. The third-order valence-electron chi connectivity index (χ3n) is 12.6. The van der Waals surface area contributed by atoms with Gasteiger partial charge in [0.2, 0.25) is 0 Å². The molecule has 0 radical (unpaired) electrons. The quantitative estimate of drug-likeness (QED) is 0.0946. The molecule has 9 heteroatoms. The number of esters is 3. The van der Waals surface area contributed by atoms with E-state index in [4.69, 9.17) is 14.2 Å². The van der Waals surface area contributed by atoms with Crippen LogP contribution in [0.1, 0.15) is 207 Å². The first-order valence-corrected chi connectivity index (χ1v) is 24.0. The maximum atomic E-state index is 13.5. The number of ether oxygens (including phenoxy) is 3. The number of aryl methyl sites for hydroxylation is 3. The lowest BCUT2D eigenvalue weighted by molar-refractivity contribution is -0.162. The molecule has 3 aromatic rings. The van der Waals surface area contributed by atoms with Crippen LogP contribution in [0.15, 0.2) is 36.4 Å². The minimum absolute atomic E-state index is 0.0801. The lowest BCUT2D eigenvalue weighted by atomic mass is 9.78. The lowest BCUT2D eigenvalue weighted by Crippen LogP contribution is -2.39. The van der Waals surface area contributed by atoms with Crippen molar-refractivity contribution in [3.63, 3.8) is 0 Å². The lowest BCUT2D eigenvalue weighted by Gasteiger charge is -2.31. The first-order chi connectivity index (χ1) is 29.9. The van der Waals surface area contributed by atoms with Crippen LogP contribution in [-0.2, 0) is 80.3 Å². The molecule has 0 aromatic heterocycles. The highest BCUT2D eigenvalue weighted by molar-refractivity contribution is 5.71. The Hall–Kier alpha value is -4.53. The fourth-order valence-corrected chi connectivity index (χ4v) is 8.03. The van der Waals surface area contributed by atoms with Crippen molar-refractivity contribution in [2.24, 2.45) is 5.41 Å². The molecule has 368 valence electrons. The number of phenols is 3. The molecular weight excluding hydrogens is 829 g/mol. The van der Waals surface area contributed by atoms with Gasteiger partial charge in [-0.05, 0) is 108 Å². The standard InChI is InChI=1S/C57H86O9/c1-20-57(33-64-45(58)24-21-36-27-39(51(2,3)4)48(61)40(28-36)52(5,6)7,34-65-46(59)25-22-37-29-41(53(8,9)10)49(62)42(30-37)54(11,12)13)35-66-47(60)26-23-38-31-43(55(14,15)16)50(63)44(32-38)56(17,18)19/h27-32,61-63H,20-26,33-35H2,1-19H3. The Balaban J connectivity index is 1.86. The number of carbonyl (C=O) groups excluding carboxylic acids is 3. The van der Waals surface area contributed by atoms with Gasteiger partial charge in [0.05, 0.1) is 5.41 Å². The first-order valence-electron chi connectivity index (χ1n) is 24.0. The zero-order valence-corrected chi connectivity index (χ0v) is 44.3. The van der Waals surface area contributed by atoms with E-state index >= 15 is 0 Å². The van der Waals surface area contributed by atoms with Gasteiger partial charge < -0.3 is 29.5 Å². The Labute approximate surface area is 398 Å². The van der Waals surface area contributed by atoms with E-state index in [9.17, 15) is 29.7 Å².